The number of imidazole rings is 1. The van der Waals surface area contributed by atoms with E-state index in [1.807, 2.05) is 95.6 Å². The van der Waals surface area contributed by atoms with Crippen molar-refractivity contribution < 1.29 is 10.0 Å². The molecule has 0 radical (unpaired) electrons. The van der Waals surface area contributed by atoms with Crippen LogP contribution in [-0.2, 0) is 12.1 Å². The van der Waals surface area contributed by atoms with Gasteiger partial charge in [0.25, 0.3) is 11.2 Å². The Morgan fingerprint density at radius 2 is 1.50 bits per heavy atom. The van der Waals surface area contributed by atoms with Crippen molar-refractivity contribution in [1.29, 1.82) is 0 Å². The van der Waals surface area contributed by atoms with Crippen LogP contribution in [-0.4, -0.2) is 35.7 Å². The van der Waals surface area contributed by atoms with Gasteiger partial charge in [-0.15, -0.1) is 11.3 Å². The van der Waals surface area contributed by atoms with E-state index < -0.39 is 16.0 Å². The summed E-state index contributed by atoms with van der Waals surface area (Å²) in [6.07, 6.45) is 3.65. The number of thiazole rings is 1. The van der Waals surface area contributed by atoms with E-state index in [0.717, 1.165) is 22.4 Å². The molecule has 0 amide bonds. The van der Waals surface area contributed by atoms with Gasteiger partial charge < -0.3 is 14.2 Å². The lowest BCUT2D eigenvalue weighted by Crippen LogP contribution is -2.36. The number of nitrogens with zero attached hydrogens (tertiary/aromatic N) is 5. The van der Waals surface area contributed by atoms with E-state index in [1.54, 1.807) is 24.8 Å². The summed E-state index contributed by atoms with van der Waals surface area (Å²) >= 11 is 1.26. The fraction of sp³-hybridized carbons (Fsp3) is 0.147. The third kappa shape index (κ3) is 5.04. The van der Waals surface area contributed by atoms with Crippen LogP contribution in [0.2, 0.25) is 0 Å². The maximum atomic E-state index is 13.9. The van der Waals surface area contributed by atoms with Crippen LogP contribution in [0.3, 0.4) is 0 Å². The molecule has 0 fully saturated rings. The van der Waals surface area contributed by atoms with Crippen LogP contribution >= 0.6 is 11.3 Å². The van der Waals surface area contributed by atoms with Crippen molar-refractivity contribution in [2.75, 3.05) is 6.61 Å². The number of nitro groups is 1. The minimum absolute atomic E-state index is 0.0672. The van der Waals surface area contributed by atoms with E-state index in [1.165, 1.54) is 22.0 Å². The lowest BCUT2D eigenvalue weighted by atomic mass is 9.77. The molecule has 220 valence electrons. The molecule has 3 aromatic carbocycles. The highest BCUT2D eigenvalue weighted by atomic mass is 32.1. The van der Waals surface area contributed by atoms with Gasteiger partial charge in [0, 0.05) is 36.5 Å². The number of benzene rings is 3. The van der Waals surface area contributed by atoms with Gasteiger partial charge in [-0.3, -0.25) is 14.9 Å². The van der Waals surface area contributed by atoms with Gasteiger partial charge in [0.15, 0.2) is 5.69 Å². The molecule has 44 heavy (non-hydrogen) atoms. The highest BCUT2D eigenvalue weighted by molar-refractivity contribution is 7.13. The molecule has 0 bridgehead atoms. The Kier molecular flexibility index (Phi) is 8.01. The van der Waals surface area contributed by atoms with Crippen LogP contribution in [0, 0.1) is 17.0 Å². The van der Waals surface area contributed by atoms with Crippen molar-refractivity contribution in [1.82, 2.24) is 19.1 Å². The summed E-state index contributed by atoms with van der Waals surface area (Å²) in [5.41, 5.74) is 2.50. The van der Waals surface area contributed by atoms with Crippen molar-refractivity contribution in [3.8, 4) is 22.0 Å². The van der Waals surface area contributed by atoms with E-state index in [-0.39, 0.29) is 42.2 Å². The molecule has 6 aromatic rings. The molecule has 3 heterocycles. The molecule has 0 aliphatic carbocycles. The molecule has 6 rings (SSSR count). The summed E-state index contributed by atoms with van der Waals surface area (Å²) in [6.45, 7) is 1.68. The Morgan fingerprint density at radius 1 is 0.932 bits per heavy atom. The van der Waals surface area contributed by atoms with Crippen LogP contribution in [0.4, 0.5) is 5.69 Å². The topological polar surface area (TPSA) is 116 Å². The maximum Gasteiger partial charge on any atom is 0.296 e. The average Bonchev–Trinajstić information content (AvgIpc) is 3.72. The molecule has 0 unspecified atom stereocenters. The second kappa shape index (κ2) is 12.2. The Balaban J connectivity index is 1.65. The minimum Gasteiger partial charge on any atom is -0.396 e. The minimum atomic E-state index is -0.890. The molecule has 9 nitrogen and oxygen atoms in total. The number of aliphatic hydroxyl groups excluding tert-OH is 1. The Labute approximate surface area is 257 Å². The largest absolute Gasteiger partial charge is 0.396 e. The molecule has 0 saturated heterocycles. The smallest absolute Gasteiger partial charge is 0.296 e. The monoisotopic (exact) mass is 603 g/mol. The summed E-state index contributed by atoms with van der Waals surface area (Å²) in [5, 5.41) is 24.4. The molecule has 0 saturated carbocycles. The highest BCUT2D eigenvalue weighted by Crippen LogP contribution is 2.42. The number of aryl methyl sites for hydroxylation is 1. The quantitative estimate of drug-likeness (QED) is 0.112. The van der Waals surface area contributed by atoms with E-state index >= 15 is 0 Å². The summed E-state index contributed by atoms with van der Waals surface area (Å²) in [5.74, 6) is 0. The number of hydrogen-bond acceptors (Lipinski definition) is 7. The van der Waals surface area contributed by atoms with Crippen molar-refractivity contribution in [3.05, 3.63) is 158 Å². The van der Waals surface area contributed by atoms with Gasteiger partial charge in [-0.1, -0.05) is 91.0 Å². The van der Waals surface area contributed by atoms with Crippen LogP contribution in [0.15, 0.2) is 120 Å². The number of rotatable bonds is 10. The third-order valence-corrected chi connectivity index (χ3v) is 8.64. The molecule has 10 heteroatoms. The Hall–Kier alpha value is -5.19. The fourth-order valence-electron chi connectivity index (χ4n) is 5.75. The summed E-state index contributed by atoms with van der Waals surface area (Å²) in [6, 6.07) is 31.3. The molecule has 1 N–H and O–H groups in total. The first-order chi connectivity index (χ1) is 21.4. The van der Waals surface area contributed by atoms with Crippen molar-refractivity contribution in [3.63, 3.8) is 0 Å². The van der Waals surface area contributed by atoms with Crippen molar-refractivity contribution in [2.45, 2.75) is 25.4 Å². The van der Waals surface area contributed by atoms with Gasteiger partial charge in [-0.25, -0.2) is 9.97 Å². The van der Waals surface area contributed by atoms with Crippen LogP contribution in [0.5, 0.6) is 0 Å². The zero-order valence-corrected chi connectivity index (χ0v) is 24.7. The standard InChI is InChI=1S/C34H29N5O4S/c1-24-22-44-32(36-24)28-20-30(39(42)43)31(38(33(28)41)18-11-19-40)29-21-37(23-35-29)34(25-12-5-2-6-13-25,26-14-7-3-8-15-26)27-16-9-4-10-17-27/h2-10,12-17,20-23,40H,11,18-19H2,1H3. The summed E-state index contributed by atoms with van der Waals surface area (Å²) in [4.78, 5) is 35.1. The lowest BCUT2D eigenvalue weighted by molar-refractivity contribution is -0.384. The van der Waals surface area contributed by atoms with Crippen molar-refractivity contribution >= 4 is 17.0 Å². The molecule has 0 aliphatic heterocycles. The second-order valence-corrected chi connectivity index (χ2v) is 11.2. The van der Waals surface area contributed by atoms with Crippen LogP contribution < -0.4 is 5.56 Å². The van der Waals surface area contributed by atoms with E-state index in [4.69, 9.17) is 4.98 Å². The first-order valence-electron chi connectivity index (χ1n) is 14.1. The fourth-order valence-corrected chi connectivity index (χ4v) is 6.55. The van der Waals surface area contributed by atoms with Crippen molar-refractivity contribution in [2.24, 2.45) is 0 Å². The zero-order valence-electron chi connectivity index (χ0n) is 23.9. The molecule has 0 spiro atoms. The molecule has 0 aliphatic rings. The van der Waals surface area contributed by atoms with E-state index in [2.05, 4.69) is 4.98 Å². The third-order valence-electron chi connectivity index (χ3n) is 7.64. The first-order valence-corrected chi connectivity index (χ1v) is 15.0. The second-order valence-electron chi connectivity index (χ2n) is 10.4. The average molecular weight is 604 g/mol. The Morgan fingerprint density at radius 3 is 1.98 bits per heavy atom. The predicted molar refractivity (Wildman–Crippen MR) is 171 cm³/mol. The van der Waals surface area contributed by atoms with Gasteiger partial charge in [0.2, 0.25) is 0 Å². The maximum absolute atomic E-state index is 13.9. The predicted octanol–water partition coefficient (Wildman–Crippen LogP) is 6.27. The number of pyridine rings is 1. The first kappa shape index (κ1) is 28.9. The van der Waals surface area contributed by atoms with E-state index in [0.29, 0.717) is 5.01 Å². The zero-order chi connectivity index (χ0) is 30.7. The Bertz CT molecular complexity index is 1870. The van der Waals surface area contributed by atoms with Gasteiger partial charge in [0.05, 0.1) is 16.8 Å². The number of hydrogen-bond donors (Lipinski definition) is 1. The SMILES string of the molecule is Cc1csc(-c2cc([N+](=O)[O-])c(-c3cn(C(c4ccccc4)(c4ccccc4)c4ccccc4)cn3)n(CCCO)c2=O)n1. The summed E-state index contributed by atoms with van der Waals surface area (Å²) < 4.78 is 3.30. The molecule has 3 aromatic heterocycles. The number of aliphatic hydroxyl groups is 1. The normalized spacial score (nSPS) is 11.5. The number of aromatic nitrogens is 4. The summed E-state index contributed by atoms with van der Waals surface area (Å²) in [7, 11) is 0. The molecule has 0 atom stereocenters. The van der Waals surface area contributed by atoms with E-state index in [9.17, 15) is 20.0 Å². The van der Waals surface area contributed by atoms with Gasteiger partial charge >= 0.3 is 0 Å². The van der Waals surface area contributed by atoms with Gasteiger partial charge in [-0.05, 0) is 30.0 Å². The van der Waals surface area contributed by atoms with Gasteiger partial charge in [0.1, 0.15) is 16.2 Å². The van der Waals surface area contributed by atoms with Crippen LogP contribution in [0.1, 0.15) is 28.8 Å². The van der Waals surface area contributed by atoms with Crippen LogP contribution in [0.25, 0.3) is 22.0 Å². The molecular weight excluding hydrogens is 574 g/mol. The lowest BCUT2D eigenvalue weighted by Gasteiger charge is -2.37. The van der Waals surface area contributed by atoms with Gasteiger partial charge in [-0.2, -0.15) is 0 Å². The highest BCUT2D eigenvalue weighted by Gasteiger charge is 2.39. The molecular formula is C34H29N5O4S.